The van der Waals surface area contributed by atoms with Crippen LogP contribution in [0.1, 0.15) is 6.42 Å². The van der Waals surface area contributed by atoms with E-state index in [4.69, 9.17) is 14.7 Å². The Morgan fingerprint density at radius 1 is 1.40 bits per heavy atom. The predicted octanol–water partition coefficient (Wildman–Crippen LogP) is -0.463. The molecule has 3 atom stereocenters. The van der Waals surface area contributed by atoms with Crippen molar-refractivity contribution in [3.8, 4) is 0 Å². The maximum Gasteiger partial charge on any atom is 0.524 e. The predicted molar refractivity (Wildman–Crippen MR) is 54.8 cm³/mol. The van der Waals surface area contributed by atoms with Crippen LogP contribution in [0.15, 0.2) is 0 Å². The number of aliphatic hydroxyl groups excluding tert-OH is 1. The Labute approximate surface area is 88.8 Å². The van der Waals surface area contributed by atoms with Gasteiger partial charge in [-0.15, -0.1) is 0 Å². The van der Waals surface area contributed by atoms with Crippen molar-refractivity contribution in [2.45, 2.75) is 17.9 Å². The molecule has 3 unspecified atom stereocenters. The van der Waals surface area contributed by atoms with E-state index in [1.165, 1.54) is 0 Å². The van der Waals surface area contributed by atoms with Crippen LogP contribution < -0.4 is 0 Å². The summed E-state index contributed by atoms with van der Waals surface area (Å²) in [5.74, 6) is 0. The van der Waals surface area contributed by atoms with Gasteiger partial charge in [-0.05, 0) is 25.1 Å². The van der Waals surface area contributed by atoms with Crippen molar-refractivity contribution < 1.29 is 28.9 Å². The van der Waals surface area contributed by atoms with Gasteiger partial charge in [0, 0.05) is 6.54 Å². The number of rotatable bonds is 6. The van der Waals surface area contributed by atoms with E-state index in [1.807, 2.05) is 0 Å². The van der Waals surface area contributed by atoms with Gasteiger partial charge in [0.2, 0.25) is 0 Å². The Kier molecular flexibility index (Phi) is 6.06. The van der Waals surface area contributed by atoms with Gasteiger partial charge in [-0.3, -0.25) is 4.57 Å². The largest absolute Gasteiger partial charge is 0.524 e. The Balaban J connectivity index is 4.51. The topological polar surface area (TPSA) is 118 Å². The van der Waals surface area contributed by atoms with Crippen LogP contribution in [0.4, 0.5) is 0 Å². The van der Waals surface area contributed by atoms with E-state index in [0.29, 0.717) is 6.54 Å². The first-order valence-electron chi connectivity index (χ1n) is 4.19. The summed E-state index contributed by atoms with van der Waals surface area (Å²) in [4.78, 5) is 28.0. The quantitative estimate of drug-likeness (QED) is 0.477. The first kappa shape index (κ1) is 15.1. The molecule has 0 fully saturated rings. The highest BCUT2D eigenvalue weighted by molar-refractivity contribution is 7.65. The maximum absolute atomic E-state index is 10.8. The van der Waals surface area contributed by atoms with Crippen LogP contribution >= 0.6 is 15.6 Å². The van der Waals surface area contributed by atoms with Crippen LogP contribution in [0, 0.1) is 0 Å². The minimum Gasteiger partial charge on any atom is -0.387 e. The summed E-state index contributed by atoms with van der Waals surface area (Å²) in [5, 5.41) is 7.51. The lowest BCUT2D eigenvalue weighted by Crippen LogP contribution is -2.27. The minimum atomic E-state index is -4.75. The molecule has 0 aromatic carbocycles. The highest BCUT2D eigenvalue weighted by Gasteiger charge is 2.50. The van der Waals surface area contributed by atoms with E-state index in [9.17, 15) is 14.2 Å². The van der Waals surface area contributed by atoms with E-state index in [-0.39, 0.29) is 6.42 Å². The van der Waals surface area contributed by atoms with Crippen LogP contribution in [0.5, 0.6) is 0 Å². The molecular formula is C6H16NO6P2+. The van der Waals surface area contributed by atoms with E-state index < -0.39 is 27.1 Å². The maximum atomic E-state index is 10.8. The molecule has 0 rings (SSSR count). The lowest BCUT2D eigenvalue weighted by molar-refractivity contribution is 0.153. The molecular weight excluding hydrogens is 244 g/mol. The molecule has 0 aliphatic carbocycles. The molecule has 0 heterocycles. The second-order valence-electron chi connectivity index (χ2n) is 3.46. The zero-order valence-electron chi connectivity index (χ0n) is 8.52. The van der Waals surface area contributed by atoms with Crippen molar-refractivity contribution in [1.82, 2.24) is 4.90 Å². The Hall–Kier alpha value is 0.130. The number of hydrogen-bond acceptors (Lipinski definition) is 4. The second kappa shape index (κ2) is 6.01. The van der Waals surface area contributed by atoms with Crippen molar-refractivity contribution in [3.63, 3.8) is 0 Å². The third kappa shape index (κ3) is 5.68. The zero-order valence-corrected chi connectivity index (χ0v) is 10.3. The molecule has 90 valence electrons. The van der Waals surface area contributed by atoms with Crippen LogP contribution in [0.2, 0.25) is 0 Å². The molecule has 0 aromatic heterocycles. The second-order valence-corrected chi connectivity index (χ2v) is 6.77. The standard InChI is InChI=1S/C6H15NO6P2/c1-7(2)4-3-5(8)6(14(9)10)15(11,12)13/h5-6,8H,3-4H2,1-2H3,(H2-,9,10,11,12,13)/p+1. The van der Waals surface area contributed by atoms with Crippen molar-refractivity contribution in [2.75, 3.05) is 20.6 Å². The molecule has 0 saturated carbocycles. The van der Waals surface area contributed by atoms with Gasteiger partial charge in [0.1, 0.15) is 6.10 Å². The summed E-state index contributed by atoms with van der Waals surface area (Å²) in [6, 6.07) is 0. The molecule has 0 bridgehead atoms. The molecule has 9 heteroatoms. The van der Waals surface area contributed by atoms with E-state index in [0.717, 1.165) is 0 Å². The fourth-order valence-corrected chi connectivity index (χ4v) is 3.11. The molecule has 15 heavy (non-hydrogen) atoms. The fraction of sp³-hybridized carbons (Fsp3) is 1.00. The third-order valence-electron chi connectivity index (χ3n) is 1.79. The number of hydrogen-bond donors (Lipinski definition) is 4. The highest BCUT2D eigenvalue weighted by atomic mass is 31.2. The molecule has 7 nitrogen and oxygen atoms in total. The van der Waals surface area contributed by atoms with Crippen molar-refractivity contribution >= 4 is 15.6 Å². The van der Waals surface area contributed by atoms with Crippen molar-refractivity contribution in [3.05, 3.63) is 0 Å². The van der Waals surface area contributed by atoms with Gasteiger partial charge in [-0.2, -0.15) is 4.89 Å². The van der Waals surface area contributed by atoms with Gasteiger partial charge in [0.25, 0.3) is 0 Å². The molecule has 0 aliphatic rings. The summed E-state index contributed by atoms with van der Waals surface area (Å²) < 4.78 is 21.6. The van der Waals surface area contributed by atoms with Crippen LogP contribution in [-0.4, -0.2) is 56.8 Å². The summed E-state index contributed by atoms with van der Waals surface area (Å²) >= 11 is 0. The average Bonchev–Trinajstić information content (AvgIpc) is 1.96. The van der Waals surface area contributed by atoms with Gasteiger partial charge in [0.15, 0.2) is 0 Å². The summed E-state index contributed by atoms with van der Waals surface area (Å²) in [6.45, 7) is 0.376. The molecule has 0 aliphatic heterocycles. The summed E-state index contributed by atoms with van der Waals surface area (Å²) in [6.07, 6.45) is -1.45. The van der Waals surface area contributed by atoms with Gasteiger partial charge in [0.05, 0.1) is 0 Å². The van der Waals surface area contributed by atoms with E-state index in [2.05, 4.69) is 0 Å². The fourth-order valence-electron chi connectivity index (χ4n) is 1.04. The van der Waals surface area contributed by atoms with E-state index >= 15 is 0 Å². The molecule has 0 aromatic rings. The van der Waals surface area contributed by atoms with Gasteiger partial charge in [-0.25, -0.2) is 0 Å². The normalized spacial score (nSPS) is 17.7. The SMILES string of the molecule is CN(C)CCC(O)C([P+](=O)O)P(=O)(O)O. The van der Waals surface area contributed by atoms with Crippen LogP contribution in [0.25, 0.3) is 0 Å². The molecule has 0 spiro atoms. The monoisotopic (exact) mass is 260 g/mol. The Morgan fingerprint density at radius 2 is 1.87 bits per heavy atom. The van der Waals surface area contributed by atoms with Crippen LogP contribution in [-0.2, 0) is 9.13 Å². The first-order valence-corrected chi connectivity index (χ1v) is 7.16. The van der Waals surface area contributed by atoms with Gasteiger partial charge >= 0.3 is 21.0 Å². The van der Waals surface area contributed by atoms with Gasteiger partial charge < -0.3 is 19.8 Å². The van der Waals surface area contributed by atoms with Crippen molar-refractivity contribution in [1.29, 1.82) is 0 Å². The lowest BCUT2D eigenvalue weighted by Gasteiger charge is -2.16. The number of nitrogens with zero attached hydrogens (tertiary/aromatic N) is 1. The van der Waals surface area contributed by atoms with Crippen molar-refractivity contribution in [2.24, 2.45) is 0 Å². The zero-order chi connectivity index (χ0) is 12.2. The first-order chi connectivity index (χ1) is 6.66. The van der Waals surface area contributed by atoms with Crippen LogP contribution in [0.3, 0.4) is 0 Å². The lowest BCUT2D eigenvalue weighted by atomic mass is 10.3. The minimum absolute atomic E-state index is 0.0322. The number of aliphatic hydroxyl groups is 1. The Morgan fingerprint density at radius 3 is 2.13 bits per heavy atom. The third-order valence-corrected chi connectivity index (χ3v) is 5.11. The molecule has 0 saturated heterocycles. The average molecular weight is 260 g/mol. The van der Waals surface area contributed by atoms with E-state index in [1.54, 1.807) is 19.0 Å². The Bertz CT molecular complexity index is 264. The molecule has 0 amide bonds. The smallest absolute Gasteiger partial charge is 0.387 e. The summed E-state index contributed by atoms with van der Waals surface area (Å²) in [5.41, 5.74) is 0. The molecule has 4 N–H and O–H groups in total. The molecule has 0 radical (unpaired) electrons. The summed E-state index contributed by atoms with van der Waals surface area (Å²) in [7, 11) is -4.41. The van der Waals surface area contributed by atoms with Gasteiger partial charge in [-0.1, -0.05) is 0 Å². The highest BCUT2D eigenvalue weighted by Crippen LogP contribution is 2.53.